The minimum Gasteiger partial charge on any atom is -0.482 e. The number of nitrogens with zero attached hydrogens (tertiary/aromatic N) is 1. The summed E-state index contributed by atoms with van der Waals surface area (Å²) in [6, 6.07) is 3.90. The fourth-order valence-corrected chi connectivity index (χ4v) is 5.03. The van der Waals surface area contributed by atoms with Gasteiger partial charge in [0, 0.05) is 29.6 Å². The summed E-state index contributed by atoms with van der Waals surface area (Å²) in [6.45, 7) is 6.52. The molecule has 2 saturated heterocycles. The maximum absolute atomic E-state index is 12.4. The molecular formula is C23H29ClN2O4. The molecule has 0 unspecified atom stereocenters. The Balaban J connectivity index is 1.36. The first-order valence-electron chi connectivity index (χ1n) is 10.8. The molecule has 162 valence electrons. The number of rotatable bonds is 5. The molecule has 0 radical (unpaired) electrons. The van der Waals surface area contributed by atoms with Crippen molar-refractivity contribution in [3.8, 4) is 5.75 Å². The van der Waals surface area contributed by atoms with Gasteiger partial charge in [0.05, 0.1) is 5.02 Å². The molecule has 6 nitrogen and oxygen atoms in total. The first-order valence-corrected chi connectivity index (χ1v) is 11.2. The average molecular weight is 433 g/mol. The molecule has 1 aromatic heterocycles. The predicted octanol–water partition coefficient (Wildman–Crippen LogP) is 3.82. The van der Waals surface area contributed by atoms with Gasteiger partial charge in [-0.3, -0.25) is 4.79 Å². The normalized spacial score (nSPS) is 22.0. The van der Waals surface area contributed by atoms with Crippen molar-refractivity contribution in [1.29, 1.82) is 0 Å². The SMILES string of the molecule is Cc1c(C)c2cc(Cl)c(OCC(=O)NC[C@@H]3CCCN4CCCC[C@@H]34)cc2oc1=O. The number of hydrogen-bond donors (Lipinski definition) is 1. The van der Waals surface area contributed by atoms with Crippen LogP contribution in [0.5, 0.6) is 5.75 Å². The average Bonchev–Trinajstić information content (AvgIpc) is 2.75. The van der Waals surface area contributed by atoms with Gasteiger partial charge in [0.1, 0.15) is 11.3 Å². The van der Waals surface area contributed by atoms with Crippen molar-refractivity contribution in [2.75, 3.05) is 26.2 Å². The van der Waals surface area contributed by atoms with Gasteiger partial charge >= 0.3 is 5.63 Å². The quantitative estimate of drug-likeness (QED) is 0.727. The van der Waals surface area contributed by atoms with Crippen molar-refractivity contribution in [2.45, 2.75) is 52.0 Å². The molecule has 1 amide bonds. The maximum atomic E-state index is 12.4. The zero-order chi connectivity index (χ0) is 21.3. The lowest BCUT2D eigenvalue weighted by molar-refractivity contribution is -0.123. The molecule has 0 spiro atoms. The van der Waals surface area contributed by atoms with Crippen molar-refractivity contribution in [3.05, 3.63) is 38.7 Å². The van der Waals surface area contributed by atoms with E-state index in [4.69, 9.17) is 20.8 Å². The third-order valence-electron chi connectivity index (χ3n) is 6.66. The van der Waals surface area contributed by atoms with E-state index in [0.717, 1.165) is 17.4 Å². The van der Waals surface area contributed by atoms with E-state index in [9.17, 15) is 9.59 Å². The first-order chi connectivity index (χ1) is 14.4. The van der Waals surface area contributed by atoms with Gasteiger partial charge in [-0.15, -0.1) is 0 Å². The molecule has 7 heteroatoms. The standard InChI is InChI=1S/C23H29ClN2O4/c1-14-15(2)23(28)30-20-11-21(18(24)10-17(14)20)29-13-22(27)25-12-16-6-5-9-26-8-4-3-7-19(16)26/h10-11,16,19H,3-9,12-13H2,1-2H3,(H,25,27)/t16-,19-/m0/s1. The van der Waals surface area contributed by atoms with E-state index < -0.39 is 0 Å². The largest absolute Gasteiger partial charge is 0.482 e. The van der Waals surface area contributed by atoms with Crippen molar-refractivity contribution in [2.24, 2.45) is 5.92 Å². The Labute approximate surface area is 181 Å². The topological polar surface area (TPSA) is 71.8 Å². The van der Waals surface area contributed by atoms with Crippen LogP contribution >= 0.6 is 11.6 Å². The van der Waals surface area contributed by atoms with Gasteiger partial charge in [0.25, 0.3) is 5.91 Å². The molecule has 2 atom stereocenters. The predicted molar refractivity (Wildman–Crippen MR) is 117 cm³/mol. The van der Waals surface area contributed by atoms with Gasteiger partial charge < -0.3 is 19.4 Å². The van der Waals surface area contributed by atoms with E-state index in [-0.39, 0.29) is 18.1 Å². The highest BCUT2D eigenvalue weighted by atomic mass is 35.5. The number of aryl methyl sites for hydroxylation is 1. The molecule has 1 N–H and O–H groups in total. The van der Waals surface area contributed by atoms with Crippen LogP contribution in [0.1, 0.15) is 43.2 Å². The molecule has 2 aliphatic heterocycles. The summed E-state index contributed by atoms with van der Waals surface area (Å²) in [5.74, 6) is 0.676. The van der Waals surface area contributed by atoms with Gasteiger partial charge in [-0.25, -0.2) is 4.79 Å². The summed E-state index contributed by atoms with van der Waals surface area (Å²) in [5.41, 5.74) is 1.42. The summed E-state index contributed by atoms with van der Waals surface area (Å²) in [7, 11) is 0. The van der Waals surface area contributed by atoms with E-state index in [1.165, 1.54) is 38.8 Å². The van der Waals surface area contributed by atoms with E-state index >= 15 is 0 Å². The fraction of sp³-hybridized carbons (Fsp3) is 0.565. The highest BCUT2D eigenvalue weighted by Gasteiger charge is 2.32. The number of amides is 1. The minimum absolute atomic E-state index is 0.124. The smallest absolute Gasteiger partial charge is 0.339 e. The zero-order valence-electron chi connectivity index (χ0n) is 17.6. The number of carbonyl (C=O) groups is 1. The molecule has 3 heterocycles. The first kappa shape index (κ1) is 21.2. The molecule has 30 heavy (non-hydrogen) atoms. The Kier molecular flexibility index (Phi) is 6.34. The molecule has 0 bridgehead atoms. The van der Waals surface area contributed by atoms with Crippen LogP contribution < -0.4 is 15.7 Å². The summed E-state index contributed by atoms with van der Waals surface area (Å²) in [4.78, 5) is 26.9. The van der Waals surface area contributed by atoms with Crippen molar-refractivity contribution in [1.82, 2.24) is 10.2 Å². The number of fused-ring (bicyclic) bond motifs is 2. The van der Waals surface area contributed by atoms with Gasteiger partial charge in [0.2, 0.25) is 0 Å². The minimum atomic E-state index is -0.379. The third-order valence-corrected chi connectivity index (χ3v) is 6.95. The van der Waals surface area contributed by atoms with E-state index in [0.29, 0.717) is 40.4 Å². The number of piperidine rings is 2. The zero-order valence-corrected chi connectivity index (χ0v) is 18.4. The van der Waals surface area contributed by atoms with E-state index in [1.807, 2.05) is 6.92 Å². The van der Waals surface area contributed by atoms with E-state index in [2.05, 4.69) is 10.2 Å². The third kappa shape index (κ3) is 4.35. The van der Waals surface area contributed by atoms with Crippen LogP contribution in [0.3, 0.4) is 0 Å². The Hall–Kier alpha value is -2.05. The molecule has 4 rings (SSSR count). The monoisotopic (exact) mass is 432 g/mol. The Morgan fingerprint density at radius 3 is 2.83 bits per heavy atom. The molecular weight excluding hydrogens is 404 g/mol. The molecule has 0 saturated carbocycles. The van der Waals surface area contributed by atoms with Crippen LogP contribution in [0.15, 0.2) is 21.3 Å². The Bertz CT molecular complexity index is 1000. The van der Waals surface area contributed by atoms with E-state index in [1.54, 1.807) is 19.1 Å². The second-order valence-electron chi connectivity index (χ2n) is 8.51. The highest BCUT2D eigenvalue weighted by molar-refractivity contribution is 6.32. The Morgan fingerprint density at radius 1 is 1.20 bits per heavy atom. The molecule has 2 aliphatic rings. The lowest BCUT2D eigenvalue weighted by Gasteiger charge is -2.44. The van der Waals surface area contributed by atoms with Crippen LogP contribution in [0.25, 0.3) is 11.0 Å². The van der Waals surface area contributed by atoms with Crippen molar-refractivity contribution >= 4 is 28.5 Å². The highest BCUT2D eigenvalue weighted by Crippen LogP contribution is 2.32. The van der Waals surface area contributed by atoms with Gasteiger partial charge in [0.15, 0.2) is 6.61 Å². The number of halogens is 1. The van der Waals surface area contributed by atoms with Crippen molar-refractivity contribution < 1.29 is 13.9 Å². The maximum Gasteiger partial charge on any atom is 0.339 e. The lowest BCUT2D eigenvalue weighted by atomic mass is 9.83. The van der Waals surface area contributed by atoms with Crippen LogP contribution in [-0.2, 0) is 4.79 Å². The van der Waals surface area contributed by atoms with Crippen LogP contribution in [0.2, 0.25) is 5.02 Å². The van der Waals surface area contributed by atoms with Gasteiger partial charge in [-0.2, -0.15) is 0 Å². The number of carbonyl (C=O) groups excluding carboxylic acids is 1. The van der Waals surface area contributed by atoms with Crippen LogP contribution in [0.4, 0.5) is 0 Å². The second kappa shape index (κ2) is 8.98. The Morgan fingerprint density at radius 2 is 2.00 bits per heavy atom. The summed E-state index contributed by atoms with van der Waals surface area (Å²) in [6.07, 6.45) is 6.16. The molecule has 2 fully saturated rings. The number of benzene rings is 1. The summed E-state index contributed by atoms with van der Waals surface area (Å²) in [5, 5.41) is 4.18. The van der Waals surface area contributed by atoms with Gasteiger partial charge in [-0.05, 0) is 70.2 Å². The fourth-order valence-electron chi connectivity index (χ4n) is 4.81. The number of nitrogens with one attached hydrogen (secondary N) is 1. The van der Waals surface area contributed by atoms with Crippen LogP contribution in [0, 0.1) is 19.8 Å². The summed E-state index contributed by atoms with van der Waals surface area (Å²) < 4.78 is 11.0. The number of hydrogen-bond acceptors (Lipinski definition) is 5. The molecule has 2 aromatic rings. The van der Waals surface area contributed by atoms with Gasteiger partial charge in [-0.1, -0.05) is 18.0 Å². The van der Waals surface area contributed by atoms with Crippen LogP contribution in [-0.4, -0.2) is 43.1 Å². The van der Waals surface area contributed by atoms with Crippen molar-refractivity contribution in [3.63, 3.8) is 0 Å². The number of ether oxygens (including phenoxy) is 1. The molecule has 1 aromatic carbocycles. The second-order valence-corrected chi connectivity index (χ2v) is 8.92. The summed E-state index contributed by atoms with van der Waals surface area (Å²) >= 11 is 6.34. The lowest BCUT2D eigenvalue weighted by Crippen LogP contribution is -2.51. The molecule has 0 aliphatic carbocycles.